The Balaban J connectivity index is 1.54. The number of rotatable bonds is 5. The topological polar surface area (TPSA) is 64.3 Å². The number of hydrogen-bond donors (Lipinski definition) is 1. The van der Waals surface area contributed by atoms with E-state index in [1.807, 2.05) is 6.07 Å². The van der Waals surface area contributed by atoms with Crippen molar-refractivity contribution < 1.29 is 9.13 Å². The van der Waals surface area contributed by atoms with Crippen LogP contribution in [0.2, 0.25) is 0 Å². The number of nitrogens with two attached hydrogens (primary N) is 1. The number of nitrogens with zero attached hydrogens (tertiary/aromatic N) is 3. The highest BCUT2D eigenvalue weighted by atomic mass is 19.1. The van der Waals surface area contributed by atoms with Gasteiger partial charge in [-0.15, -0.1) is 0 Å². The Kier molecular flexibility index (Phi) is 4.33. The van der Waals surface area contributed by atoms with Crippen molar-refractivity contribution in [1.29, 1.82) is 0 Å². The maximum absolute atomic E-state index is 14.4. The van der Waals surface area contributed by atoms with E-state index in [4.69, 9.17) is 10.5 Å². The minimum absolute atomic E-state index is 0.291. The van der Waals surface area contributed by atoms with Gasteiger partial charge in [0, 0.05) is 31.3 Å². The van der Waals surface area contributed by atoms with E-state index in [0.717, 1.165) is 26.2 Å². The number of methoxy groups -OCH3 is 1. The zero-order valence-corrected chi connectivity index (χ0v) is 14.7. The van der Waals surface area contributed by atoms with Gasteiger partial charge in [0.1, 0.15) is 5.82 Å². The standard InChI is InChI=1S/C19H25FN4O/c1-25-17-5-4-16-18(23-17)14(15(20)9-22-16)6-8-24-10-13-3-2-7-19(13,11-21)12-24/h4-5,9,13H,2-3,6-8,10-12,21H2,1H3/t13-,19-/m0/s1. The van der Waals surface area contributed by atoms with E-state index in [-0.39, 0.29) is 5.82 Å². The van der Waals surface area contributed by atoms with Crippen LogP contribution < -0.4 is 10.5 Å². The molecule has 134 valence electrons. The number of ether oxygens (including phenoxy) is 1. The molecule has 2 atom stereocenters. The van der Waals surface area contributed by atoms with Crippen molar-refractivity contribution in [2.24, 2.45) is 17.1 Å². The molecule has 25 heavy (non-hydrogen) atoms. The zero-order valence-electron chi connectivity index (χ0n) is 14.7. The van der Waals surface area contributed by atoms with Gasteiger partial charge in [0.05, 0.1) is 24.3 Å². The van der Waals surface area contributed by atoms with E-state index >= 15 is 0 Å². The molecule has 6 heteroatoms. The second-order valence-electron chi connectivity index (χ2n) is 7.45. The van der Waals surface area contributed by atoms with E-state index in [9.17, 15) is 4.39 Å². The zero-order chi connectivity index (χ0) is 17.4. The molecule has 2 fully saturated rings. The summed E-state index contributed by atoms with van der Waals surface area (Å²) in [5.74, 6) is 0.898. The molecule has 0 unspecified atom stereocenters. The number of likely N-dealkylation sites (tertiary alicyclic amines) is 1. The molecule has 0 amide bonds. The predicted octanol–water partition coefficient (Wildman–Crippen LogP) is 2.38. The van der Waals surface area contributed by atoms with Crippen molar-refractivity contribution >= 4 is 11.0 Å². The Morgan fingerprint density at radius 2 is 2.32 bits per heavy atom. The first-order valence-corrected chi connectivity index (χ1v) is 9.06. The molecule has 1 aliphatic heterocycles. The molecule has 1 aliphatic carbocycles. The fourth-order valence-corrected chi connectivity index (χ4v) is 4.73. The van der Waals surface area contributed by atoms with Gasteiger partial charge in [-0.2, -0.15) is 0 Å². The average molecular weight is 344 g/mol. The molecule has 0 bridgehead atoms. The summed E-state index contributed by atoms with van der Waals surface area (Å²) < 4.78 is 19.6. The van der Waals surface area contributed by atoms with Crippen molar-refractivity contribution in [1.82, 2.24) is 14.9 Å². The van der Waals surface area contributed by atoms with Gasteiger partial charge in [0.25, 0.3) is 0 Å². The molecule has 4 rings (SSSR count). The van der Waals surface area contributed by atoms with Crippen LogP contribution in [0.4, 0.5) is 4.39 Å². The maximum atomic E-state index is 14.4. The number of halogens is 1. The van der Waals surface area contributed by atoms with Gasteiger partial charge >= 0.3 is 0 Å². The third-order valence-electron chi connectivity index (χ3n) is 6.14. The minimum Gasteiger partial charge on any atom is -0.481 e. The maximum Gasteiger partial charge on any atom is 0.213 e. The van der Waals surface area contributed by atoms with Crippen molar-refractivity contribution in [3.8, 4) is 5.88 Å². The lowest BCUT2D eigenvalue weighted by atomic mass is 9.81. The lowest BCUT2D eigenvalue weighted by Gasteiger charge is -2.27. The summed E-state index contributed by atoms with van der Waals surface area (Å²) >= 11 is 0. The molecule has 1 saturated heterocycles. The number of pyridine rings is 2. The summed E-state index contributed by atoms with van der Waals surface area (Å²) in [6, 6.07) is 3.58. The summed E-state index contributed by atoms with van der Waals surface area (Å²) in [6.07, 6.45) is 5.72. The molecular formula is C19H25FN4O. The lowest BCUT2D eigenvalue weighted by molar-refractivity contribution is 0.250. The van der Waals surface area contributed by atoms with Crippen molar-refractivity contribution in [3.63, 3.8) is 0 Å². The largest absolute Gasteiger partial charge is 0.481 e. The summed E-state index contributed by atoms with van der Waals surface area (Å²) in [5.41, 5.74) is 8.32. The van der Waals surface area contributed by atoms with Crippen molar-refractivity contribution in [3.05, 3.63) is 29.7 Å². The third-order valence-corrected chi connectivity index (χ3v) is 6.14. The first-order chi connectivity index (χ1) is 12.1. The van der Waals surface area contributed by atoms with Crippen LogP contribution in [0.15, 0.2) is 18.3 Å². The summed E-state index contributed by atoms with van der Waals surface area (Å²) in [6.45, 7) is 3.71. The molecule has 2 aliphatic rings. The minimum atomic E-state index is -0.291. The second-order valence-corrected chi connectivity index (χ2v) is 7.45. The Morgan fingerprint density at radius 3 is 3.08 bits per heavy atom. The van der Waals surface area contributed by atoms with Gasteiger partial charge in [-0.05, 0) is 43.2 Å². The number of fused-ring (bicyclic) bond motifs is 2. The van der Waals surface area contributed by atoms with Crippen molar-refractivity contribution in [2.75, 3.05) is 33.3 Å². The summed E-state index contributed by atoms with van der Waals surface area (Å²) in [7, 11) is 1.57. The molecule has 3 heterocycles. The van der Waals surface area contributed by atoms with Gasteiger partial charge in [-0.1, -0.05) is 6.42 Å². The van der Waals surface area contributed by atoms with Crippen LogP contribution in [-0.4, -0.2) is 48.2 Å². The smallest absolute Gasteiger partial charge is 0.213 e. The van der Waals surface area contributed by atoms with Gasteiger partial charge in [0.15, 0.2) is 0 Å². The molecule has 1 saturated carbocycles. The van der Waals surface area contributed by atoms with Crippen LogP contribution in [0.25, 0.3) is 11.0 Å². The van der Waals surface area contributed by atoms with E-state index in [1.165, 1.54) is 25.5 Å². The van der Waals surface area contributed by atoms with E-state index in [1.54, 1.807) is 13.2 Å². The van der Waals surface area contributed by atoms with Gasteiger partial charge in [-0.25, -0.2) is 9.37 Å². The molecule has 0 aromatic carbocycles. The Labute approximate surface area is 147 Å². The van der Waals surface area contributed by atoms with E-state index in [2.05, 4.69) is 14.9 Å². The summed E-state index contributed by atoms with van der Waals surface area (Å²) in [4.78, 5) is 11.0. The molecule has 0 spiro atoms. The van der Waals surface area contributed by atoms with Gasteiger partial charge < -0.3 is 15.4 Å². The van der Waals surface area contributed by atoms with Crippen molar-refractivity contribution in [2.45, 2.75) is 25.7 Å². The Hall–Kier alpha value is -1.79. The highest BCUT2D eigenvalue weighted by Crippen LogP contribution is 2.47. The molecular weight excluding hydrogens is 319 g/mol. The van der Waals surface area contributed by atoms with Crippen LogP contribution in [0.5, 0.6) is 5.88 Å². The van der Waals surface area contributed by atoms with Crippen LogP contribution in [-0.2, 0) is 6.42 Å². The summed E-state index contributed by atoms with van der Waals surface area (Å²) in [5, 5.41) is 0. The van der Waals surface area contributed by atoms with E-state index in [0.29, 0.717) is 40.2 Å². The molecule has 2 N–H and O–H groups in total. The Bertz CT molecular complexity index is 783. The normalized spacial score (nSPS) is 26.3. The molecule has 2 aromatic heterocycles. The Morgan fingerprint density at radius 1 is 1.44 bits per heavy atom. The lowest BCUT2D eigenvalue weighted by Crippen LogP contribution is -2.35. The van der Waals surface area contributed by atoms with Crippen LogP contribution in [0.1, 0.15) is 24.8 Å². The van der Waals surface area contributed by atoms with Crippen LogP contribution in [0, 0.1) is 17.2 Å². The third kappa shape index (κ3) is 2.87. The monoisotopic (exact) mass is 344 g/mol. The quantitative estimate of drug-likeness (QED) is 0.902. The average Bonchev–Trinajstić information content (AvgIpc) is 3.17. The fourth-order valence-electron chi connectivity index (χ4n) is 4.73. The highest BCUT2D eigenvalue weighted by Gasteiger charge is 2.48. The van der Waals surface area contributed by atoms with Gasteiger partial charge in [0.2, 0.25) is 5.88 Å². The van der Waals surface area contributed by atoms with Gasteiger partial charge in [-0.3, -0.25) is 4.98 Å². The SMILES string of the molecule is COc1ccc2ncc(F)c(CCN3C[C@@H]4CCC[C@]4(CN)C3)c2n1. The fraction of sp³-hybridized carbons (Fsp3) is 0.579. The molecule has 2 aromatic rings. The van der Waals surface area contributed by atoms with E-state index < -0.39 is 0 Å². The predicted molar refractivity (Wildman–Crippen MR) is 95.0 cm³/mol. The van der Waals surface area contributed by atoms with Crippen LogP contribution in [0.3, 0.4) is 0 Å². The second kappa shape index (κ2) is 6.50. The number of aromatic nitrogens is 2. The number of hydrogen-bond acceptors (Lipinski definition) is 5. The van der Waals surface area contributed by atoms with Crippen LogP contribution >= 0.6 is 0 Å². The molecule has 0 radical (unpaired) electrons. The molecule has 5 nitrogen and oxygen atoms in total. The highest BCUT2D eigenvalue weighted by molar-refractivity contribution is 5.78. The first kappa shape index (κ1) is 16.7. The first-order valence-electron chi connectivity index (χ1n) is 9.06.